The maximum absolute atomic E-state index is 13.0. The third-order valence-electron chi connectivity index (χ3n) is 1.78. The third-order valence-corrected chi connectivity index (χ3v) is 1.78. The number of rotatable bonds is 1. The smallest absolute Gasteiger partial charge is 0.376 e. The molecule has 0 saturated carbocycles. The molecule has 0 fully saturated rings. The summed E-state index contributed by atoms with van der Waals surface area (Å²) in [6.45, 7) is 0. The van der Waals surface area contributed by atoms with E-state index in [-0.39, 0.29) is 0 Å². The van der Waals surface area contributed by atoms with Gasteiger partial charge >= 0.3 is 6.18 Å². The second-order valence-corrected chi connectivity index (χ2v) is 2.80. The van der Waals surface area contributed by atoms with Crippen LogP contribution in [0.5, 0.6) is 0 Å². The first-order chi connectivity index (χ1) is 6.86. The van der Waals surface area contributed by atoms with E-state index in [2.05, 4.69) is 0 Å². The molecular formula is C10H6F4O. The molecule has 5 heteroatoms. The fourth-order valence-electron chi connectivity index (χ4n) is 1.02. The molecule has 0 saturated heterocycles. The van der Waals surface area contributed by atoms with E-state index in [0.717, 1.165) is 0 Å². The number of hydrogen-bond donors (Lipinski definition) is 1. The van der Waals surface area contributed by atoms with Crippen LogP contribution in [0.15, 0.2) is 18.2 Å². The van der Waals surface area contributed by atoms with Crippen molar-refractivity contribution in [2.75, 3.05) is 0 Å². The summed E-state index contributed by atoms with van der Waals surface area (Å²) in [6.07, 6.45) is -1.48. The van der Waals surface area contributed by atoms with Gasteiger partial charge in [0.2, 0.25) is 0 Å². The number of halogens is 4. The summed E-state index contributed by atoms with van der Waals surface area (Å²) in [7, 11) is 0. The van der Waals surface area contributed by atoms with Crippen LogP contribution in [0.3, 0.4) is 0 Å². The van der Waals surface area contributed by atoms with E-state index < -0.39 is 29.2 Å². The van der Waals surface area contributed by atoms with E-state index >= 15 is 0 Å². The SMILES string of the molecule is C#CC(O)c1cc(C(F)(F)F)ccc1F. The zero-order valence-electron chi connectivity index (χ0n) is 7.35. The Bertz CT molecular complexity index is 403. The number of terminal acetylenes is 1. The van der Waals surface area contributed by atoms with Crippen LogP contribution in [-0.4, -0.2) is 5.11 Å². The van der Waals surface area contributed by atoms with Crippen LogP contribution >= 0.6 is 0 Å². The summed E-state index contributed by atoms with van der Waals surface area (Å²) < 4.78 is 49.6. The summed E-state index contributed by atoms with van der Waals surface area (Å²) in [4.78, 5) is 0. The first kappa shape index (κ1) is 11.5. The lowest BCUT2D eigenvalue weighted by Gasteiger charge is -2.10. The minimum atomic E-state index is -4.59. The quantitative estimate of drug-likeness (QED) is 0.567. The highest BCUT2D eigenvalue weighted by Crippen LogP contribution is 2.31. The summed E-state index contributed by atoms with van der Waals surface area (Å²) in [5, 5.41) is 9.06. The van der Waals surface area contributed by atoms with Crippen LogP contribution < -0.4 is 0 Å². The second kappa shape index (κ2) is 3.91. The normalized spacial score (nSPS) is 13.3. The van der Waals surface area contributed by atoms with Crippen molar-refractivity contribution in [1.29, 1.82) is 0 Å². The van der Waals surface area contributed by atoms with Gasteiger partial charge in [0.1, 0.15) is 11.9 Å². The largest absolute Gasteiger partial charge is 0.416 e. The molecule has 0 aliphatic heterocycles. The van der Waals surface area contributed by atoms with Crippen LogP contribution in [0.25, 0.3) is 0 Å². The number of aliphatic hydroxyl groups excluding tert-OH is 1. The van der Waals surface area contributed by atoms with E-state index in [1.165, 1.54) is 0 Å². The highest BCUT2D eigenvalue weighted by Gasteiger charge is 2.31. The van der Waals surface area contributed by atoms with Gasteiger partial charge in [-0.15, -0.1) is 6.42 Å². The van der Waals surface area contributed by atoms with E-state index in [4.69, 9.17) is 11.5 Å². The molecule has 1 aromatic carbocycles. The molecule has 1 unspecified atom stereocenters. The van der Waals surface area contributed by atoms with Gasteiger partial charge in [0.05, 0.1) is 5.56 Å². The monoisotopic (exact) mass is 218 g/mol. The standard InChI is InChI=1S/C10H6F4O/c1-2-9(15)7-5-6(10(12,13)14)3-4-8(7)11/h1,3-5,9,15H. The average Bonchev–Trinajstić information content (AvgIpc) is 2.15. The van der Waals surface area contributed by atoms with Gasteiger partial charge in [-0.25, -0.2) is 4.39 Å². The molecule has 0 spiro atoms. The average molecular weight is 218 g/mol. The predicted octanol–water partition coefficient (Wildman–Crippen LogP) is 2.51. The summed E-state index contributed by atoms with van der Waals surface area (Å²) in [5.41, 5.74) is -1.60. The van der Waals surface area contributed by atoms with E-state index in [1.807, 2.05) is 0 Å². The predicted molar refractivity (Wildman–Crippen MR) is 45.2 cm³/mol. The molecule has 1 aromatic rings. The lowest BCUT2D eigenvalue weighted by molar-refractivity contribution is -0.137. The van der Waals surface area contributed by atoms with E-state index in [0.29, 0.717) is 18.2 Å². The van der Waals surface area contributed by atoms with Crippen molar-refractivity contribution in [2.24, 2.45) is 0 Å². The molecule has 0 heterocycles. The fraction of sp³-hybridized carbons (Fsp3) is 0.200. The summed E-state index contributed by atoms with van der Waals surface area (Å²) >= 11 is 0. The van der Waals surface area contributed by atoms with Crippen molar-refractivity contribution in [2.45, 2.75) is 12.3 Å². The molecule has 15 heavy (non-hydrogen) atoms. The highest BCUT2D eigenvalue weighted by molar-refractivity contribution is 5.31. The van der Waals surface area contributed by atoms with Crippen molar-refractivity contribution >= 4 is 0 Å². The molecule has 1 atom stereocenters. The van der Waals surface area contributed by atoms with Crippen molar-refractivity contribution in [3.8, 4) is 12.3 Å². The van der Waals surface area contributed by atoms with Crippen LogP contribution in [0.2, 0.25) is 0 Å². The Labute approximate surface area is 83.3 Å². The van der Waals surface area contributed by atoms with Gasteiger partial charge in [-0.2, -0.15) is 13.2 Å². The zero-order valence-corrected chi connectivity index (χ0v) is 7.35. The Hall–Kier alpha value is -1.54. The van der Waals surface area contributed by atoms with Gasteiger partial charge in [0.25, 0.3) is 0 Å². The zero-order chi connectivity index (χ0) is 11.6. The topological polar surface area (TPSA) is 20.2 Å². The van der Waals surface area contributed by atoms with Crippen LogP contribution in [0.4, 0.5) is 17.6 Å². The minimum Gasteiger partial charge on any atom is -0.376 e. The van der Waals surface area contributed by atoms with E-state index in [9.17, 15) is 17.6 Å². The first-order valence-corrected chi connectivity index (χ1v) is 3.87. The Kier molecular flexibility index (Phi) is 3.01. The van der Waals surface area contributed by atoms with Gasteiger partial charge in [0.15, 0.2) is 0 Å². The van der Waals surface area contributed by atoms with Gasteiger partial charge in [0, 0.05) is 5.56 Å². The number of aliphatic hydroxyl groups is 1. The molecular weight excluding hydrogens is 212 g/mol. The molecule has 0 bridgehead atoms. The molecule has 1 rings (SSSR count). The van der Waals surface area contributed by atoms with Crippen LogP contribution in [-0.2, 0) is 6.18 Å². The molecule has 80 valence electrons. The van der Waals surface area contributed by atoms with Crippen LogP contribution in [0, 0.1) is 18.2 Å². The molecule has 0 aliphatic rings. The number of benzene rings is 1. The Morgan fingerprint density at radius 1 is 1.33 bits per heavy atom. The second-order valence-electron chi connectivity index (χ2n) is 2.80. The van der Waals surface area contributed by atoms with Crippen molar-refractivity contribution in [3.63, 3.8) is 0 Å². The third kappa shape index (κ3) is 2.48. The number of alkyl halides is 3. The molecule has 0 aromatic heterocycles. The maximum Gasteiger partial charge on any atom is 0.416 e. The molecule has 0 aliphatic carbocycles. The van der Waals surface area contributed by atoms with Crippen LogP contribution in [0.1, 0.15) is 17.2 Å². The van der Waals surface area contributed by atoms with Gasteiger partial charge in [-0.3, -0.25) is 0 Å². The Morgan fingerprint density at radius 2 is 1.93 bits per heavy atom. The Balaban J connectivity index is 3.24. The molecule has 1 N–H and O–H groups in total. The van der Waals surface area contributed by atoms with Gasteiger partial charge in [-0.05, 0) is 18.2 Å². The molecule has 0 radical (unpaired) electrons. The van der Waals surface area contributed by atoms with Gasteiger partial charge in [-0.1, -0.05) is 5.92 Å². The lowest BCUT2D eigenvalue weighted by atomic mass is 10.1. The van der Waals surface area contributed by atoms with Gasteiger partial charge < -0.3 is 5.11 Å². The fourth-order valence-corrected chi connectivity index (χ4v) is 1.02. The first-order valence-electron chi connectivity index (χ1n) is 3.87. The summed E-state index contributed by atoms with van der Waals surface area (Å²) in [5.74, 6) is 0.785. The maximum atomic E-state index is 13.0. The van der Waals surface area contributed by atoms with Crippen molar-refractivity contribution < 1.29 is 22.7 Å². The minimum absolute atomic E-state index is 0.500. The molecule has 1 nitrogen and oxygen atoms in total. The summed E-state index contributed by atoms with van der Waals surface area (Å²) in [6, 6.07) is 1.71. The highest BCUT2D eigenvalue weighted by atomic mass is 19.4. The molecule has 0 amide bonds. The van der Waals surface area contributed by atoms with E-state index in [1.54, 1.807) is 5.92 Å². The van der Waals surface area contributed by atoms with Crippen molar-refractivity contribution in [3.05, 3.63) is 35.1 Å². The van der Waals surface area contributed by atoms with Crippen molar-refractivity contribution in [1.82, 2.24) is 0 Å². The Morgan fingerprint density at radius 3 is 2.40 bits per heavy atom. The number of hydrogen-bond acceptors (Lipinski definition) is 1. The lowest BCUT2D eigenvalue weighted by Crippen LogP contribution is -2.08.